The van der Waals surface area contributed by atoms with Crippen LogP contribution in [0.4, 0.5) is 4.79 Å². The van der Waals surface area contributed by atoms with Gasteiger partial charge in [-0.2, -0.15) is 0 Å². The number of hydrogen-bond acceptors (Lipinski definition) is 3. The summed E-state index contributed by atoms with van der Waals surface area (Å²) < 4.78 is 5.40. The van der Waals surface area contributed by atoms with E-state index in [1.165, 1.54) is 22.3 Å². The van der Waals surface area contributed by atoms with E-state index < -0.39 is 0 Å². The Labute approximate surface area is 185 Å². The van der Waals surface area contributed by atoms with Gasteiger partial charge < -0.3 is 14.5 Å². The predicted molar refractivity (Wildman–Crippen MR) is 129 cm³/mol. The lowest BCUT2D eigenvalue weighted by atomic mass is 10.0. The highest BCUT2D eigenvalue weighted by Crippen LogP contribution is 2.13. The first-order valence-corrected chi connectivity index (χ1v) is 11.5. The molecule has 1 rings (SSSR count). The Hall–Kier alpha value is -1.81. The maximum absolute atomic E-state index is 12.1. The second-order valence-corrected chi connectivity index (χ2v) is 8.92. The molecular formula is C26H44N2O2. The van der Waals surface area contributed by atoms with Gasteiger partial charge in [-0.05, 0) is 86.3 Å². The minimum atomic E-state index is -0.188. The molecule has 1 fully saturated rings. The molecule has 0 atom stereocenters. The van der Waals surface area contributed by atoms with Crippen molar-refractivity contribution in [2.24, 2.45) is 0 Å². The average Bonchev–Trinajstić information content (AvgIpc) is 2.68. The molecule has 0 aromatic rings. The van der Waals surface area contributed by atoms with Gasteiger partial charge in [0.25, 0.3) is 0 Å². The molecule has 0 spiro atoms. The van der Waals surface area contributed by atoms with E-state index in [0.29, 0.717) is 6.61 Å². The van der Waals surface area contributed by atoms with Crippen LogP contribution in [-0.2, 0) is 4.74 Å². The molecule has 0 aromatic carbocycles. The molecule has 4 heteroatoms. The van der Waals surface area contributed by atoms with Crippen molar-refractivity contribution in [1.29, 1.82) is 0 Å². The molecule has 0 N–H and O–H groups in total. The number of nitrogens with zero attached hydrogens (tertiary/aromatic N) is 2. The maximum atomic E-state index is 12.1. The lowest BCUT2D eigenvalue weighted by Gasteiger charge is -2.31. The molecule has 0 radical (unpaired) electrons. The molecule has 170 valence electrons. The molecule has 1 aliphatic heterocycles. The van der Waals surface area contributed by atoms with Gasteiger partial charge in [-0.3, -0.25) is 0 Å². The first-order valence-electron chi connectivity index (χ1n) is 11.5. The Kier molecular flexibility index (Phi) is 13.2. The van der Waals surface area contributed by atoms with Crippen LogP contribution >= 0.6 is 0 Å². The molecule has 1 aliphatic rings. The minimum Gasteiger partial charge on any atom is -0.445 e. The van der Waals surface area contributed by atoms with E-state index in [0.717, 1.165) is 64.7 Å². The smallest absolute Gasteiger partial charge is 0.410 e. The largest absolute Gasteiger partial charge is 0.445 e. The van der Waals surface area contributed by atoms with Crippen molar-refractivity contribution in [3.63, 3.8) is 0 Å². The molecule has 0 aromatic heterocycles. The maximum Gasteiger partial charge on any atom is 0.410 e. The number of carbonyl (C=O) groups is 1. The van der Waals surface area contributed by atoms with E-state index in [9.17, 15) is 4.79 Å². The van der Waals surface area contributed by atoms with Crippen LogP contribution in [0, 0.1) is 0 Å². The summed E-state index contributed by atoms with van der Waals surface area (Å²) in [4.78, 5) is 16.1. The third kappa shape index (κ3) is 12.7. The zero-order chi connectivity index (χ0) is 22.4. The topological polar surface area (TPSA) is 32.8 Å². The molecule has 0 aliphatic carbocycles. The second kappa shape index (κ2) is 15.1. The molecule has 30 heavy (non-hydrogen) atoms. The Morgan fingerprint density at radius 1 is 0.733 bits per heavy atom. The summed E-state index contributed by atoms with van der Waals surface area (Å²) in [6, 6.07) is 0. The van der Waals surface area contributed by atoms with Crippen molar-refractivity contribution in [1.82, 2.24) is 9.80 Å². The molecule has 1 heterocycles. The Morgan fingerprint density at radius 3 is 1.70 bits per heavy atom. The monoisotopic (exact) mass is 416 g/mol. The van der Waals surface area contributed by atoms with Gasteiger partial charge in [-0.1, -0.05) is 40.5 Å². The van der Waals surface area contributed by atoms with E-state index in [-0.39, 0.29) is 6.09 Å². The average molecular weight is 417 g/mol. The van der Waals surface area contributed by atoms with Crippen LogP contribution in [-0.4, -0.2) is 55.7 Å². The quantitative estimate of drug-likeness (QED) is 0.360. The number of likely N-dealkylation sites (N-methyl/N-ethyl adjacent to an activating group) is 1. The summed E-state index contributed by atoms with van der Waals surface area (Å²) in [6.45, 7) is 14.6. The summed E-state index contributed by atoms with van der Waals surface area (Å²) in [5.74, 6) is 0. The highest BCUT2D eigenvalue weighted by atomic mass is 16.6. The van der Waals surface area contributed by atoms with E-state index in [1.54, 1.807) is 4.90 Å². The number of carbonyl (C=O) groups excluding carboxylic acids is 1. The highest BCUT2D eigenvalue weighted by molar-refractivity contribution is 5.67. The number of hydrogen-bond donors (Lipinski definition) is 0. The van der Waals surface area contributed by atoms with Crippen LogP contribution in [0.2, 0.25) is 0 Å². The summed E-state index contributed by atoms with van der Waals surface area (Å²) in [5, 5.41) is 0. The van der Waals surface area contributed by atoms with Gasteiger partial charge in [-0.15, -0.1) is 0 Å². The number of allylic oxidation sites excluding steroid dienone is 7. The molecule has 0 bridgehead atoms. The number of rotatable bonds is 11. The third-order valence-electron chi connectivity index (χ3n) is 5.55. The lowest BCUT2D eigenvalue weighted by molar-refractivity contribution is 0.0894. The van der Waals surface area contributed by atoms with Crippen molar-refractivity contribution in [3.05, 3.63) is 46.6 Å². The van der Waals surface area contributed by atoms with Crippen LogP contribution in [0.15, 0.2) is 46.6 Å². The Balaban J connectivity index is 2.20. The Morgan fingerprint density at radius 2 is 1.20 bits per heavy atom. The highest BCUT2D eigenvalue weighted by Gasteiger charge is 2.19. The first-order chi connectivity index (χ1) is 14.3. The van der Waals surface area contributed by atoms with Crippen molar-refractivity contribution in [2.75, 3.05) is 39.8 Å². The number of piperazine rings is 1. The zero-order valence-electron chi connectivity index (χ0n) is 20.3. The minimum absolute atomic E-state index is 0.188. The van der Waals surface area contributed by atoms with Gasteiger partial charge in [-0.25, -0.2) is 4.79 Å². The molecule has 4 nitrogen and oxygen atoms in total. The van der Waals surface area contributed by atoms with Gasteiger partial charge in [0, 0.05) is 26.2 Å². The summed E-state index contributed by atoms with van der Waals surface area (Å²) >= 11 is 0. The van der Waals surface area contributed by atoms with E-state index >= 15 is 0 Å². The van der Waals surface area contributed by atoms with Crippen molar-refractivity contribution in [2.45, 2.75) is 73.1 Å². The zero-order valence-corrected chi connectivity index (χ0v) is 20.3. The third-order valence-corrected chi connectivity index (χ3v) is 5.55. The van der Waals surface area contributed by atoms with Crippen LogP contribution in [0.3, 0.4) is 0 Å². The van der Waals surface area contributed by atoms with Crippen molar-refractivity contribution >= 4 is 6.09 Å². The summed E-state index contributed by atoms with van der Waals surface area (Å²) in [7, 11) is 2.08. The molecule has 1 saturated heterocycles. The van der Waals surface area contributed by atoms with Gasteiger partial charge in [0.1, 0.15) is 6.61 Å². The standard InChI is InChI=1S/C26H44N2O2/c1-22(2)10-7-11-23(3)12-8-13-24(4)14-9-15-25(5)16-21-30-26(29)28-19-17-27(6)18-20-28/h10,12,14,16H,7-9,11,13,15,17-21H2,1-6H3. The van der Waals surface area contributed by atoms with Gasteiger partial charge in [0.05, 0.1) is 0 Å². The summed E-state index contributed by atoms with van der Waals surface area (Å²) in [6.07, 6.45) is 15.5. The molecule has 0 saturated carbocycles. The first kappa shape index (κ1) is 26.2. The fraction of sp³-hybridized carbons (Fsp3) is 0.654. The fourth-order valence-corrected chi connectivity index (χ4v) is 3.32. The van der Waals surface area contributed by atoms with Gasteiger partial charge in [0.15, 0.2) is 0 Å². The van der Waals surface area contributed by atoms with Crippen LogP contribution < -0.4 is 0 Å². The molecular weight excluding hydrogens is 372 g/mol. The predicted octanol–water partition coefficient (Wildman–Crippen LogP) is 6.52. The normalized spacial score (nSPS) is 16.6. The lowest BCUT2D eigenvalue weighted by Crippen LogP contribution is -2.47. The SMILES string of the molecule is CC(C)=CCCC(C)=CCCC(C)=CCCC(C)=CCOC(=O)N1CCN(C)CC1. The van der Waals surface area contributed by atoms with E-state index in [2.05, 4.69) is 64.8 Å². The van der Waals surface area contributed by atoms with E-state index in [4.69, 9.17) is 4.74 Å². The van der Waals surface area contributed by atoms with Crippen LogP contribution in [0.1, 0.15) is 73.1 Å². The van der Waals surface area contributed by atoms with Crippen molar-refractivity contribution in [3.8, 4) is 0 Å². The number of ether oxygens (including phenoxy) is 1. The fourth-order valence-electron chi connectivity index (χ4n) is 3.32. The molecule has 1 amide bonds. The Bertz CT molecular complexity index is 631. The van der Waals surface area contributed by atoms with Crippen LogP contribution in [0.5, 0.6) is 0 Å². The second-order valence-electron chi connectivity index (χ2n) is 8.92. The van der Waals surface area contributed by atoms with Crippen LogP contribution in [0.25, 0.3) is 0 Å². The summed E-state index contributed by atoms with van der Waals surface area (Å²) in [5.41, 5.74) is 5.63. The van der Waals surface area contributed by atoms with Gasteiger partial charge in [0.2, 0.25) is 0 Å². The van der Waals surface area contributed by atoms with Gasteiger partial charge >= 0.3 is 6.09 Å². The van der Waals surface area contributed by atoms with E-state index in [1.807, 2.05) is 6.08 Å². The molecule has 0 unspecified atom stereocenters. The van der Waals surface area contributed by atoms with Crippen molar-refractivity contribution < 1.29 is 9.53 Å². The number of amides is 1.